The lowest BCUT2D eigenvalue weighted by Gasteiger charge is -2.23. The lowest BCUT2D eigenvalue weighted by atomic mass is 9.92. The van der Waals surface area contributed by atoms with Gasteiger partial charge >= 0.3 is 0 Å². The molecule has 6 nitrogen and oxygen atoms in total. The maximum Gasteiger partial charge on any atom is 0.228 e. The van der Waals surface area contributed by atoms with Crippen molar-refractivity contribution in [1.82, 2.24) is 15.3 Å². The summed E-state index contributed by atoms with van der Waals surface area (Å²) in [5.74, 6) is 1.24. The Balaban J connectivity index is 1.30. The number of nitrogens with one attached hydrogen (secondary N) is 3. The van der Waals surface area contributed by atoms with Crippen LogP contribution in [0.1, 0.15) is 44.0 Å². The first-order chi connectivity index (χ1) is 12.2. The van der Waals surface area contributed by atoms with Crippen molar-refractivity contribution >= 4 is 22.6 Å². The van der Waals surface area contributed by atoms with Crippen molar-refractivity contribution in [2.24, 2.45) is 11.3 Å². The first-order valence-corrected chi connectivity index (χ1v) is 9.36. The van der Waals surface area contributed by atoms with E-state index in [1.807, 2.05) is 18.2 Å². The fourth-order valence-corrected chi connectivity index (χ4v) is 4.48. The van der Waals surface area contributed by atoms with Gasteiger partial charge in [0.05, 0.1) is 11.0 Å². The van der Waals surface area contributed by atoms with Crippen molar-refractivity contribution in [3.05, 3.63) is 24.0 Å². The largest absolute Gasteiger partial charge is 0.370 e. The zero-order valence-corrected chi connectivity index (χ0v) is 14.3. The topological polar surface area (TPSA) is 79.0 Å². The highest BCUT2D eigenvalue weighted by Gasteiger charge is 2.57. The smallest absolute Gasteiger partial charge is 0.228 e. The number of aromatic nitrogens is 2. The van der Waals surface area contributed by atoms with Crippen LogP contribution < -0.4 is 10.6 Å². The number of carbonyl (C=O) groups excluding carboxylic acids is 1. The van der Waals surface area contributed by atoms with Crippen LogP contribution in [0.25, 0.3) is 11.0 Å². The molecule has 2 aliphatic heterocycles. The molecule has 5 rings (SSSR count). The minimum Gasteiger partial charge on any atom is -0.370 e. The van der Waals surface area contributed by atoms with Crippen molar-refractivity contribution in [1.29, 1.82) is 0 Å². The van der Waals surface area contributed by atoms with Gasteiger partial charge in [-0.1, -0.05) is 0 Å². The number of hydrogen-bond acceptors (Lipinski definition) is 4. The Labute approximate surface area is 146 Å². The molecule has 2 saturated heterocycles. The summed E-state index contributed by atoms with van der Waals surface area (Å²) >= 11 is 0. The number of amides is 1. The van der Waals surface area contributed by atoms with Crippen LogP contribution in [0.4, 0.5) is 5.69 Å². The van der Waals surface area contributed by atoms with Crippen molar-refractivity contribution in [2.45, 2.75) is 38.2 Å². The third kappa shape index (κ3) is 2.73. The summed E-state index contributed by atoms with van der Waals surface area (Å²) in [6, 6.07) is 5.89. The summed E-state index contributed by atoms with van der Waals surface area (Å²) in [6.07, 6.45) is 5.46. The molecule has 2 atom stereocenters. The van der Waals surface area contributed by atoms with Crippen molar-refractivity contribution in [3.63, 3.8) is 0 Å². The molecule has 2 unspecified atom stereocenters. The van der Waals surface area contributed by atoms with E-state index in [-0.39, 0.29) is 23.3 Å². The van der Waals surface area contributed by atoms with E-state index in [4.69, 9.17) is 4.74 Å². The normalized spacial score (nSPS) is 27.7. The number of benzene rings is 1. The predicted molar refractivity (Wildman–Crippen MR) is 95.3 cm³/mol. The van der Waals surface area contributed by atoms with Crippen molar-refractivity contribution in [2.75, 3.05) is 25.0 Å². The average molecular weight is 340 g/mol. The number of rotatable bonds is 3. The summed E-state index contributed by atoms with van der Waals surface area (Å²) in [6.45, 7) is 2.88. The van der Waals surface area contributed by atoms with Crippen LogP contribution in [-0.2, 0) is 9.53 Å². The molecule has 2 aromatic rings. The zero-order chi connectivity index (χ0) is 16.9. The van der Waals surface area contributed by atoms with Gasteiger partial charge in [0, 0.05) is 18.2 Å². The highest BCUT2D eigenvalue weighted by atomic mass is 16.5. The number of fused-ring (bicyclic) bond motifs is 1. The standard InChI is InChI=1S/C19H24N4O2/c24-18(13-11-19(13)5-7-20-8-6-19)21-12-3-4-14-15(10-12)23-17(22-14)16-2-1-9-25-16/h3-4,10,13,16,20H,1-2,5-9,11H2,(H,21,24)(H,22,23). The zero-order valence-electron chi connectivity index (χ0n) is 14.3. The van der Waals surface area contributed by atoms with Gasteiger partial charge in [-0.05, 0) is 68.8 Å². The number of imidazole rings is 1. The monoisotopic (exact) mass is 340 g/mol. The van der Waals surface area contributed by atoms with E-state index in [1.54, 1.807) is 0 Å². The van der Waals surface area contributed by atoms with Gasteiger partial charge < -0.3 is 20.4 Å². The molecule has 25 heavy (non-hydrogen) atoms. The molecule has 3 aliphatic rings. The SMILES string of the molecule is O=C(Nc1ccc2nc(C3CCCO3)[nH]c2c1)C1CC12CCNCC2. The Hall–Kier alpha value is -1.92. The molecule has 6 heteroatoms. The fraction of sp³-hybridized carbons (Fsp3) is 0.579. The van der Waals surface area contributed by atoms with Crippen LogP contribution in [0, 0.1) is 11.3 Å². The minimum absolute atomic E-state index is 0.0803. The second-order valence-corrected chi connectivity index (χ2v) is 7.71. The lowest BCUT2D eigenvalue weighted by molar-refractivity contribution is -0.118. The van der Waals surface area contributed by atoms with Gasteiger partial charge in [-0.15, -0.1) is 0 Å². The van der Waals surface area contributed by atoms with E-state index in [9.17, 15) is 4.79 Å². The minimum atomic E-state index is 0.0803. The highest BCUT2D eigenvalue weighted by Crippen LogP contribution is 2.58. The van der Waals surface area contributed by atoms with Gasteiger partial charge in [0.25, 0.3) is 0 Å². The average Bonchev–Trinajstić information content (AvgIpc) is 3.02. The third-order valence-electron chi connectivity index (χ3n) is 6.11. The van der Waals surface area contributed by atoms with Gasteiger partial charge in [0.1, 0.15) is 11.9 Å². The Bertz CT molecular complexity index is 803. The number of anilines is 1. The maximum absolute atomic E-state index is 12.6. The van der Waals surface area contributed by atoms with E-state index in [1.165, 1.54) is 0 Å². The molecule has 3 heterocycles. The Morgan fingerprint density at radius 2 is 2.20 bits per heavy atom. The molecule has 1 aliphatic carbocycles. The molecule has 132 valence electrons. The van der Waals surface area contributed by atoms with Crippen LogP contribution in [0.2, 0.25) is 0 Å². The van der Waals surface area contributed by atoms with Crippen LogP contribution in [-0.4, -0.2) is 35.6 Å². The van der Waals surface area contributed by atoms with Crippen LogP contribution in [0.15, 0.2) is 18.2 Å². The molecule has 1 spiro atoms. The fourth-order valence-electron chi connectivity index (χ4n) is 4.48. The lowest BCUT2D eigenvalue weighted by Crippen LogP contribution is -2.31. The third-order valence-corrected chi connectivity index (χ3v) is 6.11. The van der Waals surface area contributed by atoms with Gasteiger partial charge in [0.15, 0.2) is 0 Å². The summed E-state index contributed by atoms with van der Waals surface area (Å²) in [7, 11) is 0. The summed E-state index contributed by atoms with van der Waals surface area (Å²) in [4.78, 5) is 20.6. The molecule has 3 N–H and O–H groups in total. The molecular formula is C19H24N4O2. The predicted octanol–water partition coefficient (Wildman–Crippen LogP) is 2.74. The summed E-state index contributed by atoms with van der Waals surface area (Å²) < 4.78 is 5.70. The molecule has 0 bridgehead atoms. The second kappa shape index (κ2) is 5.81. The first-order valence-electron chi connectivity index (χ1n) is 9.36. The molecule has 1 saturated carbocycles. The molecular weight excluding hydrogens is 316 g/mol. The number of H-pyrrole nitrogens is 1. The summed E-state index contributed by atoms with van der Waals surface area (Å²) in [5, 5.41) is 6.49. The van der Waals surface area contributed by atoms with Gasteiger partial charge in [-0.3, -0.25) is 4.79 Å². The van der Waals surface area contributed by atoms with E-state index >= 15 is 0 Å². The maximum atomic E-state index is 12.6. The van der Waals surface area contributed by atoms with E-state index in [0.29, 0.717) is 0 Å². The van der Waals surface area contributed by atoms with E-state index in [2.05, 4.69) is 20.6 Å². The van der Waals surface area contributed by atoms with Crippen LogP contribution >= 0.6 is 0 Å². The Morgan fingerprint density at radius 3 is 3.00 bits per heavy atom. The van der Waals surface area contributed by atoms with Crippen LogP contribution in [0.3, 0.4) is 0 Å². The number of nitrogens with zero attached hydrogens (tertiary/aromatic N) is 1. The van der Waals surface area contributed by atoms with Crippen molar-refractivity contribution < 1.29 is 9.53 Å². The van der Waals surface area contributed by atoms with Crippen molar-refractivity contribution in [3.8, 4) is 0 Å². The van der Waals surface area contributed by atoms with Gasteiger partial charge in [-0.2, -0.15) is 0 Å². The van der Waals surface area contributed by atoms with E-state index in [0.717, 1.165) is 74.3 Å². The molecule has 3 fully saturated rings. The number of carbonyl (C=O) groups is 1. The first kappa shape index (κ1) is 15.3. The molecule has 0 radical (unpaired) electrons. The molecule has 1 aromatic carbocycles. The van der Waals surface area contributed by atoms with Gasteiger partial charge in [0.2, 0.25) is 5.91 Å². The number of ether oxygens (including phenoxy) is 1. The highest BCUT2D eigenvalue weighted by molar-refractivity contribution is 5.96. The Kier molecular flexibility index (Phi) is 3.57. The molecule has 1 amide bonds. The van der Waals surface area contributed by atoms with Crippen LogP contribution in [0.5, 0.6) is 0 Å². The van der Waals surface area contributed by atoms with Gasteiger partial charge in [-0.25, -0.2) is 4.98 Å². The number of piperidine rings is 1. The second-order valence-electron chi connectivity index (χ2n) is 7.71. The molecule has 1 aromatic heterocycles. The quantitative estimate of drug-likeness (QED) is 0.803. The number of hydrogen-bond donors (Lipinski definition) is 3. The number of aromatic amines is 1. The van der Waals surface area contributed by atoms with E-state index < -0.39 is 0 Å². The summed E-state index contributed by atoms with van der Waals surface area (Å²) in [5.41, 5.74) is 2.98. The Morgan fingerprint density at radius 1 is 1.32 bits per heavy atom.